The quantitative estimate of drug-likeness (QED) is 0.745. The Balaban J connectivity index is 1.88. The number of rotatable bonds is 5. The lowest BCUT2D eigenvalue weighted by atomic mass is 10.1. The second kappa shape index (κ2) is 5.80. The van der Waals surface area contributed by atoms with E-state index in [0.717, 1.165) is 10.9 Å². The number of aliphatic carboxylic acids is 1. The molecular formula is C15H13N3O4. The third-order valence-electron chi connectivity index (χ3n) is 3.24. The van der Waals surface area contributed by atoms with Gasteiger partial charge in [0.15, 0.2) is 0 Å². The lowest BCUT2D eigenvalue weighted by Crippen LogP contribution is -2.09. The van der Waals surface area contributed by atoms with Crippen LogP contribution in [-0.2, 0) is 11.2 Å². The molecule has 2 heterocycles. The zero-order valence-electron chi connectivity index (χ0n) is 11.6. The Hall–Kier alpha value is -2.96. The number of nitrogens with zero attached hydrogens (tertiary/aromatic N) is 2. The second-order valence-electron chi connectivity index (χ2n) is 4.86. The Morgan fingerprint density at radius 3 is 2.95 bits per heavy atom. The molecule has 0 atom stereocenters. The summed E-state index contributed by atoms with van der Waals surface area (Å²) in [7, 11) is 0. The molecule has 22 heavy (non-hydrogen) atoms. The molecule has 0 bridgehead atoms. The summed E-state index contributed by atoms with van der Waals surface area (Å²) < 4.78 is 5.06. The van der Waals surface area contributed by atoms with Crippen molar-refractivity contribution in [2.75, 3.05) is 0 Å². The van der Waals surface area contributed by atoms with Crippen molar-refractivity contribution in [1.29, 1.82) is 0 Å². The number of aromatic amines is 1. The average Bonchev–Trinajstić information content (AvgIpc) is 2.94. The Kier molecular flexibility index (Phi) is 3.69. The number of carboxylic acid groups (broad SMARTS) is 1. The summed E-state index contributed by atoms with van der Waals surface area (Å²) in [6, 6.07) is 9.11. The fourth-order valence-electron chi connectivity index (χ4n) is 2.17. The van der Waals surface area contributed by atoms with Crippen molar-refractivity contribution in [2.24, 2.45) is 0 Å². The maximum atomic E-state index is 12.1. The van der Waals surface area contributed by atoms with Crippen LogP contribution in [0.3, 0.4) is 0 Å². The van der Waals surface area contributed by atoms with Gasteiger partial charge in [-0.2, -0.15) is 4.98 Å². The fraction of sp³-hybridized carbons (Fsp3) is 0.200. The largest absolute Gasteiger partial charge is 0.481 e. The molecule has 0 fully saturated rings. The molecule has 2 aromatic heterocycles. The Bertz CT molecular complexity index is 882. The number of aromatic nitrogens is 3. The van der Waals surface area contributed by atoms with Crippen LogP contribution >= 0.6 is 0 Å². The lowest BCUT2D eigenvalue weighted by molar-refractivity contribution is -0.137. The van der Waals surface area contributed by atoms with Crippen LogP contribution in [0.2, 0.25) is 0 Å². The zero-order chi connectivity index (χ0) is 15.5. The van der Waals surface area contributed by atoms with Gasteiger partial charge in [0.2, 0.25) is 11.7 Å². The predicted molar refractivity (Wildman–Crippen MR) is 78.4 cm³/mol. The Morgan fingerprint density at radius 2 is 2.14 bits per heavy atom. The highest BCUT2D eigenvalue weighted by Crippen LogP contribution is 2.17. The minimum absolute atomic E-state index is 0.0360. The van der Waals surface area contributed by atoms with Gasteiger partial charge in [0.25, 0.3) is 5.56 Å². The monoisotopic (exact) mass is 299 g/mol. The number of benzene rings is 1. The molecule has 112 valence electrons. The van der Waals surface area contributed by atoms with Crippen LogP contribution in [0.4, 0.5) is 0 Å². The van der Waals surface area contributed by atoms with E-state index in [1.165, 1.54) is 0 Å². The van der Waals surface area contributed by atoms with Gasteiger partial charge in [-0.25, -0.2) is 0 Å². The van der Waals surface area contributed by atoms with E-state index >= 15 is 0 Å². The summed E-state index contributed by atoms with van der Waals surface area (Å²) in [4.78, 5) is 29.5. The molecule has 3 rings (SSSR count). The van der Waals surface area contributed by atoms with E-state index in [0.29, 0.717) is 24.3 Å². The molecule has 0 aliphatic rings. The minimum atomic E-state index is -0.870. The van der Waals surface area contributed by atoms with Crippen molar-refractivity contribution in [3.8, 4) is 11.4 Å². The number of para-hydroxylation sites is 1. The third-order valence-corrected chi connectivity index (χ3v) is 3.24. The number of H-pyrrole nitrogens is 1. The fourth-order valence-corrected chi connectivity index (χ4v) is 2.17. The molecule has 1 aromatic carbocycles. The van der Waals surface area contributed by atoms with Crippen molar-refractivity contribution in [1.82, 2.24) is 15.1 Å². The SMILES string of the molecule is O=C(O)CCCc1nc(-c2cc3ccccc3[nH]c2=O)no1. The minimum Gasteiger partial charge on any atom is -0.481 e. The number of hydrogen-bond donors (Lipinski definition) is 2. The Labute approximate surface area is 124 Å². The molecule has 7 heteroatoms. The molecule has 3 aromatic rings. The van der Waals surface area contributed by atoms with Gasteiger partial charge in [-0.1, -0.05) is 23.4 Å². The summed E-state index contributed by atoms with van der Waals surface area (Å²) in [5.41, 5.74) is 0.768. The molecule has 0 amide bonds. The van der Waals surface area contributed by atoms with Crippen molar-refractivity contribution >= 4 is 16.9 Å². The molecule has 0 saturated heterocycles. The second-order valence-corrected chi connectivity index (χ2v) is 4.86. The first-order chi connectivity index (χ1) is 10.6. The predicted octanol–water partition coefficient (Wildman–Crippen LogP) is 1.99. The summed E-state index contributed by atoms with van der Waals surface area (Å²) >= 11 is 0. The first-order valence-corrected chi connectivity index (χ1v) is 6.80. The van der Waals surface area contributed by atoms with Gasteiger partial charge in [-0.15, -0.1) is 0 Å². The lowest BCUT2D eigenvalue weighted by Gasteiger charge is -1.99. The third kappa shape index (κ3) is 2.88. The maximum Gasteiger partial charge on any atom is 0.303 e. The number of aryl methyl sites for hydroxylation is 1. The molecule has 7 nitrogen and oxygen atoms in total. The van der Waals surface area contributed by atoms with Crippen molar-refractivity contribution in [3.63, 3.8) is 0 Å². The van der Waals surface area contributed by atoms with Gasteiger partial charge < -0.3 is 14.6 Å². The van der Waals surface area contributed by atoms with E-state index in [9.17, 15) is 9.59 Å². The van der Waals surface area contributed by atoms with Gasteiger partial charge >= 0.3 is 5.97 Å². The van der Waals surface area contributed by atoms with Crippen molar-refractivity contribution in [3.05, 3.63) is 46.6 Å². The van der Waals surface area contributed by atoms with Crippen molar-refractivity contribution in [2.45, 2.75) is 19.3 Å². The first-order valence-electron chi connectivity index (χ1n) is 6.80. The number of hydrogen-bond acceptors (Lipinski definition) is 5. The smallest absolute Gasteiger partial charge is 0.303 e. The van der Waals surface area contributed by atoms with Crippen LogP contribution in [0.15, 0.2) is 39.6 Å². The summed E-state index contributed by atoms with van der Waals surface area (Å²) in [6.45, 7) is 0. The number of nitrogens with one attached hydrogen (secondary N) is 1. The highest BCUT2D eigenvalue weighted by Gasteiger charge is 2.13. The zero-order valence-corrected chi connectivity index (χ0v) is 11.6. The van der Waals surface area contributed by atoms with E-state index in [4.69, 9.17) is 9.63 Å². The summed E-state index contributed by atoms with van der Waals surface area (Å²) in [5, 5.41) is 13.3. The first kappa shape index (κ1) is 14.0. The molecule has 0 unspecified atom stereocenters. The number of pyridine rings is 1. The molecule has 0 radical (unpaired) electrons. The van der Waals surface area contributed by atoms with Gasteiger partial charge in [0, 0.05) is 18.4 Å². The number of carbonyl (C=O) groups is 1. The Morgan fingerprint density at radius 1 is 1.32 bits per heavy atom. The molecule has 0 aliphatic heterocycles. The van der Waals surface area contributed by atoms with Gasteiger partial charge in [-0.05, 0) is 23.9 Å². The summed E-state index contributed by atoms with van der Waals surface area (Å²) in [6.07, 6.45) is 0.810. The van der Waals surface area contributed by atoms with Crippen LogP contribution in [0.1, 0.15) is 18.7 Å². The van der Waals surface area contributed by atoms with Crippen LogP contribution in [0, 0.1) is 0 Å². The van der Waals surface area contributed by atoms with E-state index in [1.54, 1.807) is 6.07 Å². The van der Waals surface area contributed by atoms with Gasteiger partial charge in [0.05, 0.1) is 5.56 Å². The number of fused-ring (bicyclic) bond motifs is 1. The van der Waals surface area contributed by atoms with Gasteiger partial charge in [0.1, 0.15) is 0 Å². The topological polar surface area (TPSA) is 109 Å². The average molecular weight is 299 g/mol. The molecular weight excluding hydrogens is 286 g/mol. The van der Waals surface area contributed by atoms with E-state index in [-0.39, 0.29) is 17.8 Å². The van der Waals surface area contributed by atoms with E-state index in [2.05, 4.69) is 15.1 Å². The van der Waals surface area contributed by atoms with Crippen LogP contribution < -0.4 is 5.56 Å². The highest BCUT2D eigenvalue weighted by atomic mass is 16.5. The molecule has 2 N–H and O–H groups in total. The van der Waals surface area contributed by atoms with Gasteiger partial charge in [-0.3, -0.25) is 9.59 Å². The summed E-state index contributed by atoms with van der Waals surface area (Å²) in [5.74, 6) is -0.341. The normalized spacial score (nSPS) is 10.9. The molecule has 0 saturated carbocycles. The van der Waals surface area contributed by atoms with E-state index in [1.807, 2.05) is 24.3 Å². The van der Waals surface area contributed by atoms with Crippen LogP contribution in [0.5, 0.6) is 0 Å². The van der Waals surface area contributed by atoms with E-state index < -0.39 is 5.97 Å². The molecule has 0 aliphatic carbocycles. The molecule has 0 spiro atoms. The highest BCUT2D eigenvalue weighted by molar-refractivity contribution is 5.82. The number of carboxylic acids is 1. The standard InChI is InChI=1S/C15H13N3O4/c19-13(20)7-3-6-12-17-14(18-22-12)10-8-9-4-1-2-5-11(9)16-15(10)21/h1-2,4-5,8H,3,6-7H2,(H,16,21)(H,19,20). The van der Waals surface area contributed by atoms with Crippen LogP contribution in [0.25, 0.3) is 22.3 Å². The van der Waals surface area contributed by atoms with Crippen LogP contribution in [-0.4, -0.2) is 26.2 Å². The maximum absolute atomic E-state index is 12.1. The van der Waals surface area contributed by atoms with Crippen molar-refractivity contribution < 1.29 is 14.4 Å².